The van der Waals surface area contributed by atoms with E-state index in [1.54, 1.807) is 0 Å². The van der Waals surface area contributed by atoms with E-state index < -0.39 is 24.6 Å². The van der Waals surface area contributed by atoms with Gasteiger partial charge in [0.1, 0.15) is 11.9 Å². The normalized spacial score (nSPS) is 22.7. The van der Waals surface area contributed by atoms with Crippen LogP contribution in [-0.4, -0.2) is 42.1 Å². The minimum absolute atomic E-state index is 0.0717. The van der Waals surface area contributed by atoms with Crippen molar-refractivity contribution in [3.8, 4) is 0 Å². The zero-order chi connectivity index (χ0) is 11.4. The van der Waals surface area contributed by atoms with Crippen molar-refractivity contribution in [2.24, 2.45) is 16.6 Å². The number of amides is 3. The van der Waals surface area contributed by atoms with Gasteiger partial charge in [0.05, 0.1) is 6.61 Å². The molecule has 0 aromatic heterocycles. The molecule has 84 valence electrons. The molecule has 7 nitrogen and oxygen atoms in total. The fraction of sp³-hybridized carbons (Fsp3) is 0.625. The smallest absolute Gasteiger partial charge is 0.342 e. The van der Waals surface area contributed by atoms with Crippen LogP contribution in [0.1, 0.15) is 6.92 Å². The van der Waals surface area contributed by atoms with Gasteiger partial charge < -0.3 is 21.5 Å². The minimum Gasteiger partial charge on any atom is -0.394 e. The van der Waals surface area contributed by atoms with E-state index in [1.807, 2.05) is 6.92 Å². The van der Waals surface area contributed by atoms with Crippen molar-refractivity contribution in [3.63, 3.8) is 0 Å². The Morgan fingerprint density at radius 2 is 2.53 bits per heavy atom. The molecule has 0 saturated carbocycles. The number of urea groups is 1. The lowest BCUT2D eigenvalue weighted by atomic mass is 10.1. The molecular formula is C8H14N4O3. The predicted octanol–water partition coefficient (Wildman–Crippen LogP) is -1.82. The van der Waals surface area contributed by atoms with Crippen molar-refractivity contribution in [2.45, 2.75) is 13.0 Å². The molecule has 5 N–H and O–H groups in total. The average molecular weight is 214 g/mol. The number of aliphatic imine (C=N–C) groups is 1. The molecule has 0 radical (unpaired) electrons. The number of hydrogen-bond acceptors (Lipinski definition) is 4. The summed E-state index contributed by atoms with van der Waals surface area (Å²) < 4.78 is 0. The SMILES string of the molecule is CC1CNC(=O)N=C1NC(=O)[C@@H](N)CO. The summed E-state index contributed by atoms with van der Waals surface area (Å²) in [6.07, 6.45) is 0. The molecule has 1 unspecified atom stereocenters. The first-order valence-corrected chi connectivity index (χ1v) is 4.58. The maximum atomic E-state index is 11.3. The molecule has 15 heavy (non-hydrogen) atoms. The highest BCUT2D eigenvalue weighted by Crippen LogP contribution is 2.01. The van der Waals surface area contributed by atoms with Crippen LogP contribution < -0.4 is 16.4 Å². The first kappa shape index (κ1) is 11.6. The molecule has 7 heteroatoms. The number of aliphatic hydroxyl groups excluding tert-OH is 1. The summed E-state index contributed by atoms with van der Waals surface area (Å²) in [5.74, 6) is -0.331. The summed E-state index contributed by atoms with van der Waals surface area (Å²) in [5, 5.41) is 13.6. The molecule has 0 aromatic carbocycles. The number of nitrogens with two attached hydrogens (primary N) is 1. The molecule has 0 spiro atoms. The first-order chi connectivity index (χ1) is 7.04. The van der Waals surface area contributed by atoms with E-state index in [0.717, 1.165) is 0 Å². The Morgan fingerprint density at radius 3 is 3.13 bits per heavy atom. The number of nitrogens with zero attached hydrogens (tertiary/aromatic N) is 1. The summed E-state index contributed by atoms with van der Waals surface area (Å²) in [4.78, 5) is 25.8. The van der Waals surface area contributed by atoms with Gasteiger partial charge in [-0.2, -0.15) is 4.99 Å². The Morgan fingerprint density at radius 1 is 1.87 bits per heavy atom. The van der Waals surface area contributed by atoms with Gasteiger partial charge in [-0.1, -0.05) is 6.92 Å². The van der Waals surface area contributed by atoms with E-state index in [9.17, 15) is 9.59 Å². The lowest BCUT2D eigenvalue weighted by molar-refractivity contribution is -0.121. The van der Waals surface area contributed by atoms with Crippen LogP contribution in [0.4, 0.5) is 4.79 Å². The maximum Gasteiger partial charge on any atom is 0.342 e. The summed E-state index contributed by atoms with van der Waals surface area (Å²) in [5.41, 5.74) is 5.30. The van der Waals surface area contributed by atoms with Crippen LogP contribution >= 0.6 is 0 Å². The van der Waals surface area contributed by atoms with E-state index >= 15 is 0 Å². The molecule has 1 rings (SSSR count). The predicted molar refractivity (Wildman–Crippen MR) is 53.2 cm³/mol. The van der Waals surface area contributed by atoms with Crippen molar-refractivity contribution in [3.05, 3.63) is 0 Å². The summed E-state index contributed by atoms with van der Waals surface area (Å²) in [6, 6.07) is -1.48. The standard InChI is InChI=1S/C8H14N4O3/c1-4-2-10-8(15)12-6(4)11-7(14)5(9)3-13/h4-5,13H,2-3,9H2,1H3,(H2,10,11,12,14,15)/t4?,5-/m0/s1. The molecule has 1 heterocycles. The second-order valence-electron chi connectivity index (χ2n) is 3.36. The van der Waals surface area contributed by atoms with Crippen molar-refractivity contribution < 1.29 is 14.7 Å². The van der Waals surface area contributed by atoms with Crippen LogP contribution in [-0.2, 0) is 4.79 Å². The van der Waals surface area contributed by atoms with Gasteiger partial charge in [0, 0.05) is 12.5 Å². The van der Waals surface area contributed by atoms with Gasteiger partial charge >= 0.3 is 6.03 Å². The molecule has 1 aliphatic rings. The van der Waals surface area contributed by atoms with E-state index in [0.29, 0.717) is 6.54 Å². The fourth-order valence-corrected chi connectivity index (χ4v) is 1.05. The first-order valence-electron chi connectivity index (χ1n) is 4.58. The summed E-state index contributed by atoms with van der Waals surface area (Å²) >= 11 is 0. The highest BCUT2D eigenvalue weighted by atomic mass is 16.3. The van der Waals surface area contributed by atoms with E-state index in [-0.39, 0.29) is 11.8 Å². The van der Waals surface area contributed by atoms with Crippen molar-refractivity contribution in [1.82, 2.24) is 10.6 Å². The molecule has 0 saturated heterocycles. The highest BCUT2D eigenvalue weighted by molar-refractivity contribution is 6.06. The largest absolute Gasteiger partial charge is 0.394 e. The lowest BCUT2D eigenvalue weighted by Gasteiger charge is -2.20. The van der Waals surface area contributed by atoms with Gasteiger partial charge in [-0.05, 0) is 0 Å². The van der Waals surface area contributed by atoms with Crippen LogP contribution in [0.15, 0.2) is 4.99 Å². The van der Waals surface area contributed by atoms with Gasteiger partial charge in [-0.15, -0.1) is 0 Å². The highest BCUT2D eigenvalue weighted by Gasteiger charge is 2.22. The Kier molecular flexibility index (Phi) is 3.75. The van der Waals surface area contributed by atoms with Crippen LogP contribution in [0.3, 0.4) is 0 Å². The second kappa shape index (κ2) is 4.85. The van der Waals surface area contributed by atoms with E-state index in [2.05, 4.69) is 15.6 Å². The minimum atomic E-state index is -0.995. The number of hydrogen-bond donors (Lipinski definition) is 4. The van der Waals surface area contributed by atoms with Gasteiger partial charge in [0.15, 0.2) is 0 Å². The Bertz CT molecular complexity index is 302. The van der Waals surface area contributed by atoms with E-state index in [1.165, 1.54) is 0 Å². The number of nitrogens with one attached hydrogen (secondary N) is 2. The summed E-state index contributed by atoms with van der Waals surface area (Å²) in [6.45, 7) is 1.79. The molecule has 1 aliphatic heterocycles. The quantitative estimate of drug-likeness (QED) is 0.433. The van der Waals surface area contributed by atoms with Crippen LogP contribution in [0.5, 0.6) is 0 Å². The zero-order valence-electron chi connectivity index (χ0n) is 8.36. The van der Waals surface area contributed by atoms with Crippen molar-refractivity contribution >= 4 is 17.8 Å². The van der Waals surface area contributed by atoms with Crippen LogP contribution in [0.2, 0.25) is 0 Å². The number of carbonyl (C=O) groups excluding carboxylic acids is 2. The fourth-order valence-electron chi connectivity index (χ4n) is 1.05. The number of rotatable bonds is 2. The van der Waals surface area contributed by atoms with Gasteiger partial charge in [0.2, 0.25) is 5.91 Å². The van der Waals surface area contributed by atoms with Gasteiger partial charge in [-0.25, -0.2) is 4.79 Å². The number of amidine groups is 1. The topological polar surface area (TPSA) is 117 Å². The molecule has 0 aliphatic carbocycles. The molecule has 3 amide bonds. The number of aliphatic hydroxyl groups is 1. The zero-order valence-corrected chi connectivity index (χ0v) is 8.36. The Labute approximate surface area is 86.7 Å². The van der Waals surface area contributed by atoms with Crippen LogP contribution in [0.25, 0.3) is 0 Å². The third-order valence-electron chi connectivity index (χ3n) is 2.03. The van der Waals surface area contributed by atoms with E-state index in [4.69, 9.17) is 10.8 Å². The third-order valence-corrected chi connectivity index (χ3v) is 2.03. The third kappa shape index (κ3) is 3.00. The molecule has 0 bridgehead atoms. The number of carbonyl (C=O) groups is 2. The molecular weight excluding hydrogens is 200 g/mol. The van der Waals surface area contributed by atoms with Crippen LogP contribution in [0, 0.1) is 5.92 Å². The van der Waals surface area contributed by atoms with Gasteiger partial charge in [0.25, 0.3) is 0 Å². The lowest BCUT2D eigenvalue weighted by Crippen LogP contribution is -2.50. The molecule has 0 aromatic rings. The Hall–Kier alpha value is -1.47. The van der Waals surface area contributed by atoms with Crippen molar-refractivity contribution in [2.75, 3.05) is 13.2 Å². The molecule has 0 fully saturated rings. The van der Waals surface area contributed by atoms with Gasteiger partial charge in [-0.3, -0.25) is 4.79 Å². The Balaban J connectivity index is 2.64. The molecule has 2 atom stereocenters. The maximum absolute atomic E-state index is 11.3. The van der Waals surface area contributed by atoms with Crippen molar-refractivity contribution in [1.29, 1.82) is 0 Å². The second-order valence-corrected chi connectivity index (χ2v) is 3.36. The summed E-state index contributed by atoms with van der Waals surface area (Å²) in [7, 11) is 0. The monoisotopic (exact) mass is 214 g/mol. The average Bonchev–Trinajstić information content (AvgIpc) is 2.22.